The summed E-state index contributed by atoms with van der Waals surface area (Å²) in [5.41, 5.74) is -0.222. The highest BCUT2D eigenvalue weighted by atomic mass is 31.2. The third kappa shape index (κ3) is 5.75. The number of benzene rings is 2. The van der Waals surface area contributed by atoms with Gasteiger partial charge in [0.1, 0.15) is 0 Å². The molecule has 29 heavy (non-hydrogen) atoms. The summed E-state index contributed by atoms with van der Waals surface area (Å²) in [6.45, 7) is 3.01. The van der Waals surface area contributed by atoms with Gasteiger partial charge in [0.05, 0.1) is 26.0 Å². The van der Waals surface area contributed by atoms with Gasteiger partial charge in [-0.15, -0.1) is 0 Å². The van der Waals surface area contributed by atoms with Crippen LogP contribution in [0.15, 0.2) is 60.7 Å². The van der Waals surface area contributed by atoms with Gasteiger partial charge in [-0.1, -0.05) is 60.7 Å². The van der Waals surface area contributed by atoms with Crippen molar-refractivity contribution in [1.29, 1.82) is 0 Å². The molecule has 1 heterocycles. The van der Waals surface area contributed by atoms with Crippen LogP contribution in [0.2, 0.25) is 0 Å². The lowest BCUT2D eigenvalue weighted by molar-refractivity contribution is -0.182. The van der Waals surface area contributed by atoms with Crippen molar-refractivity contribution in [2.75, 3.05) is 12.8 Å². The minimum atomic E-state index is -3.86. The average Bonchev–Trinajstić information content (AvgIpc) is 3.02. The summed E-state index contributed by atoms with van der Waals surface area (Å²) in [5.74, 6) is -2.38. The number of hydrogen-bond donors (Lipinski definition) is 1. The first kappa shape index (κ1) is 21.7. The van der Waals surface area contributed by atoms with Crippen LogP contribution < -0.4 is 0 Å². The van der Waals surface area contributed by atoms with E-state index in [0.717, 1.165) is 11.1 Å². The molecule has 1 unspecified atom stereocenters. The zero-order valence-corrected chi connectivity index (χ0v) is 17.3. The molecule has 0 amide bonds. The number of carboxylic acids is 1. The number of rotatable bonds is 9. The Morgan fingerprint density at radius 2 is 1.48 bits per heavy atom. The maximum Gasteiger partial charge on any atom is 0.339 e. The molecule has 1 fully saturated rings. The quantitative estimate of drug-likeness (QED) is 0.608. The standard InChI is InChI=1S/C21H25O7P/c1-20(2)25-15-21(28-20,19(22)23)16-29(24,26-13-17-9-5-3-6-10-17)27-14-18-11-7-4-8-12-18/h3-12H,13-16H2,1-2H3,(H,22,23). The Bertz CT molecular complexity index is 822. The number of aliphatic carboxylic acids is 1. The van der Waals surface area contributed by atoms with Crippen molar-refractivity contribution < 1.29 is 33.0 Å². The summed E-state index contributed by atoms with van der Waals surface area (Å²) in [4.78, 5) is 12.0. The van der Waals surface area contributed by atoms with E-state index < -0.39 is 31.1 Å². The molecule has 0 bridgehead atoms. The zero-order chi connectivity index (χ0) is 21.0. The molecule has 2 aromatic carbocycles. The number of ether oxygens (including phenoxy) is 2. The van der Waals surface area contributed by atoms with Gasteiger partial charge in [-0.25, -0.2) is 4.79 Å². The van der Waals surface area contributed by atoms with Crippen molar-refractivity contribution in [3.8, 4) is 0 Å². The molecule has 0 saturated carbocycles. The Labute approximate surface area is 170 Å². The van der Waals surface area contributed by atoms with E-state index in [9.17, 15) is 14.5 Å². The average molecular weight is 420 g/mol. The second-order valence-electron chi connectivity index (χ2n) is 7.38. The minimum absolute atomic E-state index is 0.0207. The van der Waals surface area contributed by atoms with Gasteiger partial charge in [-0.05, 0) is 25.0 Å². The lowest BCUT2D eigenvalue weighted by Gasteiger charge is -2.28. The molecule has 1 saturated heterocycles. The van der Waals surface area contributed by atoms with Gasteiger partial charge in [-0.3, -0.25) is 4.57 Å². The molecule has 0 radical (unpaired) electrons. The van der Waals surface area contributed by atoms with Crippen molar-refractivity contribution in [3.05, 3.63) is 71.8 Å². The van der Waals surface area contributed by atoms with Gasteiger partial charge >= 0.3 is 13.6 Å². The van der Waals surface area contributed by atoms with Crippen molar-refractivity contribution >= 4 is 13.6 Å². The highest BCUT2D eigenvalue weighted by Gasteiger charge is 2.56. The predicted octanol–water partition coefficient (Wildman–Crippen LogP) is 4.22. The van der Waals surface area contributed by atoms with Crippen LogP contribution in [0.3, 0.4) is 0 Å². The van der Waals surface area contributed by atoms with Crippen molar-refractivity contribution in [2.24, 2.45) is 0 Å². The summed E-state index contributed by atoms with van der Waals surface area (Å²) >= 11 is 0. The monoisotopic (exact) mass is 420 g/mol. The van der Waals surface area contributed by atoms with E-state index in [1.165, 1.54) is 0 Å². The van der Waals surface area contributed by atoms with E-state index in [-0.39, 0.29) is 19.8 Å². The highest BCUT2D eigenvalue weighted by Crippen LogP contribution is 2.54. The van der Waals surface area contributed by atoms with Crippen molar-refractivity contribution in [1.82, 2.24) is 0 Å². The summed E-state index contributed by atoms with van der Waals surface area (Å²) in [6, 6.07) is 18.4. The highest BCUT2D eigenvalue weighted by molar-refractivity contribution is 7.54. The van der Waals surface area contributed by atoms with Crippen LogP contribution in [-0.4, -0.2) is 35.2 Å². The zero-order valence-electron chi connectivity index (χ0n) is 16.4. The molecule has 0 spiro atoms. The van der Waals surface area contributed by atoms with E-state index in [4.69, 9.17) is 18.5 Å². The fourth-order valence-corrected chi connectivity index (χ4v) is 4.87. The Morgan fingerprint density at radius 3 is 1.86 bits per heavy atom. The van der Waals surface area contributed by atoms with Gasteiger partial charge in [0, 0.05) is 0 Å². The molecule has 3 rings (SSSR count). The molecule has 8 heteroatoms. The van der Waals surface area contributed by atoms with E-state index in [1.807, 2.05) is 60.7 Å². The Balaban J connectivity index is 1.80. The van der Waals surface area contributed by atoms with E-state index in [2.05, 4.69) is 0 Å². The maximum atomic E-state index is 13.6. The van der Waals surface area contributed by atoms with Gasteiger partial charge in [0.25, 0.3) is 0 Å². The van der Waals surface area contributed by atoms with Crippen LogP contribution >= 0.6 is 7.60 Å². The minimum Gasteiger partial charge on any atom is -0.479 e. The normalized spacial score (nSPS) is 21.2. The van der Waals surface area contributed by atoms with Crippen molar-refractivity contribution in [2.45, 2.75) is 38.4 Å². The van der Waals surface area contributed by atoms with E-state index >= 15 is 0 Å². The molecule has 0 aromatic heterocycles. The van der Waals surface area contributed by atoms with Crippen LogP contribution in [0.4, 0.5) is 0 Å². The summed E-state index contributed by atoms with van der Waals surface area (Å²) in [7, 11) is -3.86. The molecular formula is C21H25O7P. The molecular weight excluding hydrogens is 395 g/mol. The Hall–Kier alpha value is -2.02. The van der Waals surface area contributed by atoms with Crippen LogP contribution in [0, 0.1) is 0 Å². The largest absolute Gasteiger partial charge is 0.479 e. The topological polar surface area (TPSA) is 91.3 Å². The van der Waals surface area contributed by atoms with E-state index in [1.54, 1.807) is 13.8 Å². The van der Waals surface area contributed by atoms with Crippen LogP contribution in [0.1, 0.15) is 25.0 Å². The van der Waals surface area contributed by atoms with Gasteiger partial charge < -0.3 is 23.6 Å². The summed E-state index contributed by atoms with van der Waals surface area (Å²) in [5, 5.41) is 9.79. The molecule has 1 atom stereocenters. The molecule has 1 aliphatic heterocycles. The van der Waals surface area contributed by atoms with Crippen LogP contribution in [0.25, 0.3) is 0 Å². The smallest absolute Gasteiger partial charge is 0.339 e. The second kappa shape index (κ2) is 8.78. The first-order valence-corrected chi connectivity index (χ1v) is 11.0. The molecule has 0 aliphatic carbocycles. The maximum absolute atomic E-state index is 13.6. The molecule has 2 aromatic rings. The Morgan fingerprint density at radius 1 is 1.00 bits per heavy atom. The molecule has 1 N–H and O–H groups in total. The summed E-state index contributed by atoms with van der Waals surface area (Å²) in [6.07, 6.45) is -0.460. The van der Waals surface area contributed by atoms with Gasteiger partial charge in [0.2, 0.25) is 5.60 Å². The Kier molecular flexibility index (Phi) is 6.56. The second-order valence-corrected chi connectivity index (χ2v) is 9.43. The predicted molar refractivity (Wildman–Crippen MR) is 106 cm³/mol. The fraction of sp³-hybridized carbons (Fsp3) is 0.381. The molecule has 7 nitrogen and oxygen atoms in total. The van der Waals surface area contributed by atoms with Crippen LogP contribution in [-0.2, 0) is 41.1 Å². The SMILES string of the molecule is CC1(C)OCC(CP(=O)(OCc2ccccc2)OCc2ccccc2)(C(=O)O)O1. The number of carbonyl (C=O) groups is 1. The van der Waals surface area contributed by atoms with Crippen LogP contribution in [0.5, 0.6) is 0 Å². The third-order valence-corrected chi connectivity index (χ3v) is 6.42. The third-order valence-electron chi connectivity index (χ3n) is 4.47. The van der Waals surface area contributed by atoms with Gasteiger partial charge in [-0.2, -0.15) is 0 Å². The summed E-state index contributed by atoms with van der Waals surface area (Å²) < 4.78 is 36.0. The number of carboxylic acid groups (broad SMARTS) is 1. The molecule has 156 valence electrons. The lowest BCUT2D eigenvalue weighted by atomic mass is 10.1. The van der Waals surface area contributed by atoms with E-state index in [0.29, 0.717) is 0 Å². The lowest BCUT2D eigenvalue weighted by Crippen LogP contribution is -2.46. The van der Waals surface area contributed by atoms with Gasteiger partial charge in [0.15, 0.2) is 5.79 Å². The number of hydrogen-bond acceptors (Lipinski definition) is 6. The fourth-order valence-electron chi connectivity index (χ4n) is 3.01. The first-order valence-electron chi connectivity index (χ1n) is 9.26. The molecule has 1 aliphatic rings. The first-order chi connectivity index (χ1) is 13.7. The van der Waals surface area contributed by atoms with Crippen molar-refractivity contribution in [3.63, 3.8) is 0 Å².